The van der Waals surface area contributed by atoms with E-state index in [1.807, 2.05) is 35.2 Å². The number of nitrogens with one attached hydrogen (secondary N) is 2. The Morgan fingerprint density at radius 2 is 2.06 bits per heavy atom. The number of halogens is 2. The Morgan fingerprint density at radius 1 is 1.21 bits per heavy atom. The van der Waals surface area contributed by atoms with Crippen LogP contribution in [-0.4, -0.2) is 45.8 Å². The second kappa shape index (κ2) is 9.82. The monoisotopic (exact) mass is 539 g/mol. The predicted octanol–water partition coefficient (Wildman–Crippen LogP) is 3.20. The molecule has 5 rings (SSSR count). The molecule has 9 heteroatoms. The standard InChI is InChI=1S/C25H23BrClN5O2/c26-18-8-17-4-3-16-9-19(27)5-6-20(16)24(23(17)29-12-18)32-13-21(31-22(33)14-32)25(34)30-11-15-2-1-7-28-10-15/h1-2,5-10,12,21,24H,3-4,11,13-14H2,(H,30,34)(H,31,33)/t21-,24?/m1/s1. The molecule has 1 aliphatic heterocycles. The van der Waals surface area contributed by atoms with Crippen molar-refractivity contribution in [2.24, 2.45) is 0 Å². The Bertz CT molecular complexity index is 1190. The number of carbonyl (C=O) groups is 2. The summed E-state index contributed by atoms with van der Waals surface area (Å²) in [6.07, 6.45) is 6.83. The first-order chi connectivity index (χ1) is 16.5. The summed E-state index contributed by atoms with van der Waals surface area (Å²) in [6.45, 7) is 0.896. The van der Waals surface area contributed by atoms with Crippen molar-refractivity contribution in [1.29, 1.82) is 0 Å². The number of piperazine rings is 1. The molecule has 1 saturated heterocycles. The van der Waals surface area contributed by atoms with Crippen molar-refractivity contribution < 1.29 is 9.59 Å². The summed E-state index contributed by atoms with van der Waals surface area (Å²) in [5, 5.41) is 6.45. The zero-order valence-electron chi connectivity index (χ0n) is 18.3. The van der Waals surface area contributed by atoms with Gasteiger partial charge in [-0.1, -0.05) is 23.7 Å². The van der Waals surface area contributed by atoms with Gasteiger partial charge in [-0.25, -0.2) is 0 Å². The van der Waals surface area contributed by atoms with E-state index in [2.05, 4.69) is 37.6 Å². The maximum absolute atomic E-state index is 13.0. The Morgan fingerprint density at radius 3 is 2.88 bits per heavy atom. The van der Waals surface area contributed by atoms with Gasteiger partial charge in [-0.15, -0.1) is 0 Å². The summed E-state index contributed by atoms with van der Waals surface area (Å²) in [5.74, 6) is -0.415. The number of rotatable bonds is 4. The van der Waals surface area contributed by atoms with Crippen molar-refractivity contribution in [3.63, 3.8) is 0 Å². The van der Waals surface area contributed by atoms with E-state index < -0.39 is 6.04 Å². The van der Waals surface area contributed by atoms with Crippen molar-refractivity contribution in [3.05, 3.63) is 92.4 Å². The van der Waals surface area contributed by atoms with Gasteiger partial charge in [-0.3, -0.25) is 24.5 Å². The normalized spacial score (nSPS) is 20.0. The molecule has 34 heavy (non-hydrogen) atoms. The molecule has 1 aliphatic carbocycles. The van der Waals surface area contributed by atoms with Crippen LogP contribution in [0.5, 0.6) is 0 Å². The van der Waals surface area contributed by atoms with Gasteiger partial charge >= 0.3 is 0 Å². The highest BCUT2D eigenvalue weighted by Gasteiger charge is 2.37. The van der Waals surface area contributed by atoms with Crippen LogP contribution in [0, 0.1) is 0 Å². The number of aromatic nitrogens is 2. The number of benzene rings is 1. The van der Waals surface area contributed by atoms with E-state index >= 15 is 0 Å². The number of nitrogens with zero attached hydrogens (tertiary/aromatic N) is 3. The number of pyridine rings is 2. The molecule has 0 saturated carbocycles. The van der Waals surface area contributed by atoms with Crippen molar-refractivity contribution in [2.75, 3.05) is 13.1 Å². The van der Waals surface area contributed by atoms with Crippen LogP contribution in [0.15, 0.2) is 59.5 Å². The van der Waals surface area contributed by atoms with Gasteiger partial charge in [0.2, 0.25) is 11.8 Å². The zero-order chi connectivity index (χ0) is 23.7. The fourth-order valence-corrected chi connectivity index (χ4v) is 5.28. The molecule has 2 atom stereocenters. The first-order valence-electron chi connectivity index (χ1n) is 11.1. The van der Waals surface area contributed by atoms with E-state index in [0.29, 0.717) is 18.1 Å². The Kier molecular flexibility index (Phi) is 6.63. The molecule has 3 heterocycles. The SMILES string of the molecule is O=C1CN(C2c3ccc(Cl)cc3CCc3cc(Br)cnc32)C[C@H](C(=O)NCc2cccnc2)N1. The smallest absolute Gasteiger partial charge is 0.244 e. The van der Waals surface area contributed by atoms with Crippen LogP contribution in [0.3, 0.4) is 0 Å². The molecule has 1 unspecified atom stereocenters. The number of carbonyl (C=O) groups excluding carboxylic acids is 2. The number of fused-ring (bicyclic) bond motifs is 2. The van der Waals surface area contributed by atoms with Crippen LogP contribution < -0.4 is 10.6 Å². The molecular formula is C25H23BrClN5O2. The number of hydrogen-bond donors (Lipinski definition) is 2. The molecule has 2 aliphatic rings. The van der Waals surface area contributed by atoms with E-state index in [1.54, 1.807) is 18.6 Å². The lowest BCUT2D eigenvalue weighted by molar-refractivity contribution is -0.134. The summed E-state index contributed by atoms with van der Waals surface area (Å²) in [6, 6.07) is 10.8. The average Bonchev–Trinajstić information content (AvgIpc) is 2.99. The van der Waals surface area contributed by atoms with Gasteiger partial charge < -0.3 is 10.6 Å². The highest BCUT2D eigenvalue weighted by Crippen LogP contribution is 2.38. The van der Waals surface area contributed by atoms with Crippen LogP contribution in [0.2, 0.25) is 5.02 Å². The van der Waals surface area contributed by atoms with Gasteiger partial charge in [0.25, 0.3) is 0 Å². The Labute approximate surface area is 211 Å². The molecule has 1 fully saturated rings. The largest absolute Gasteiger partial charge is 0.350 e. The lowest BCUT2D eigenvalue weighted by atomic mass is 9.95. The summed E-state index contributed by atoms with van der Waals surface area (Å²) in [4.78, 5) is 36.6. The quantitative estimate of drug-likeness (QED) is 0.531. The van der Waals surface area contributed by atoms with E-state index in [9.17, 15) is 9.59 Å². The third kappa shape index (κ3) is 4.85. The molecule has 0 radical (unpaired) electrons. The lowest BCUT2D eigenvalue weighted by Gasteiger charge is -2.38. The third-order valence-corrected chi connectivity index (χ3v) is 6.93. The molecular weight excluding hydrogens is 518 g/mol. The second-order valence-electron chi connectivity index (χ2n) is 8.57. The van der Waals surface area contributed by atoms with Crippen molar-refractivity contribution in [2.45, 2.75) is 31.5 Å². The van der Waals surface area contributed by atoms with E-state index in [4.69, 9.17) is 16.6 Å². The Balaban J connectivity index is 1.45. The predicted molar refractivity (Wildman–Crippen MR) is 132 cm³/mol. The van der Waals surface area contributed by atoms with E-state index in [-0.39, 0.29) is 24.4 Å². The minimum atomic E-state index is -0.671. The summed E-state index contributed by atoms with van der Waals surface area (Å²) < 4.78 is 0.915. The van der Waals surface area contributed by atoms with Gasteiger partial charge in [-0.2, -0.15) is 0 Å². The maximum Gasteiger partial charge on any atom is 0.244 e. The fourth-order valence-electron chi connectivity index (χ4n) is 4.71. The zero-order valence-corrected chi connectivity index (χ0v) is 20.6. The summed E-state index contributed by atoms with van der Waals surface area (Å²) >= 11 is 9.85. The lowest BCUT2D eigenvalue weighted by Crippen LogP contribution is -2.60. The first-order valence-corrected chi connectivity index (χ1v) is 12.3. The summed E-state index contributed by atoms with van der Waals surface area (Å²) in [5.41, 5.74) is 5.13. The van der Waals surface area contributed by atoms with Crippen LogP contribution >= 0.6 is 27.5 Å². The third-order valence-electron chi connectivity index (χ3n) is 6.26. The number of aryl methyl sites for hydroxylation is 2. The van der Waals surface area contributed by atoms with Gasteiger partial charge in [0.15, 0.2) is 0 Å². The summed E-state index contributed by atoms with van der Waals surface area (Å²) in [7, 11) is 0. The Hall–Kier alpha value is -2.81. The molecule has 174 valence electrons. The van der Waals surface area contributed by atoms with Gasteiger partial charge in [-0.05, 0) is 75.3 Å². The molecule has 2 N–H and O–H groups in total. The highest BCUT2D eigenvalue weighted by atomic mass is 79.9. The van der Waals surface area contributed by atoms with E-state index in [0.717, 1.165) is 45.3 Å². The van der Waals surface area contributed by atoms with Gasteiger partial charge in [0.05, 0.1) is 18.3 Å². The first kappa shape index (κ1) is 23.0. The van der Waals surface area contributed by atoms with Crippen molar-refractivity contribution in [3.8, 4) is 0 Å². The van der Waals surface area contributed by atoms with Crippen LogP contribution in [-0.2, 0) is 29.0 Å². The minimum Gasteiger partial charge on any atom is -0.350 e. The highest BCUT2D eigenvalue weighted by molar-refractivity contribution is 9.10. The molecule has 0 bridgehead atoms. The van der Waals surface area contributed by atoms with Crippen LogP contribution in [0.1, 0.15) is 34.0 Å². The van der Waals surface area contributed by atoms with Crippen LogP contribution in [0.4, 0.5) is 0 Å². The molecule has 0 spiro atoms. The minimum absolute atomic E-state index is 0.177. The molecule has 1 aromatic carbocycles. The van der Waals surface area contributed by atoms with E-state index in [1.165, 1.54) is 0 Å². The van der Waals surface area contributed by atoms with Gasteiger partial charge in [0, 0.05) is 41.2 Å². The second-order valence-corrected chi connectivity index (χ2v) is 9.92. The fraction of sp³-hybridized carbons (Fsp3) is 0.280. The maximum atomic E-state index is 13.0. The number of hydrogen-bond acceptors (Lipinski definition) is 5. The topological polar surface area (TPSA) is 87.2 Å². The molecule has 3 aromatic rings. The number of amides is 2. The van der Waals surface area contributed by atoms with Crippen LogP contribution in [0.25, 0.3) is 0 Å². The van der Waals surface area contributed by atoms with Crippen molar-refractivity contribution >= 4 is 39.3 Å². The van der Waals surface area contributed by atoms with Gasteiger partial charge in [0.1, 0.15) is 6.04 Å². The molecule has 2 aromatic heterocycles. The molecule has 7 nitrogen and oxygen atoms in total. The average molecular weight is 541 g/mol. The molecule has 2 amide bonds. The van der Waals surface area contributed by atoms with Crippen molar-refractivity contribution in [1.82, 2.24) is 25.5 Å².